The topological polar surface area (TPSA) is 50.3 Å². The highest BCUT2D eigenvalue weighted by molar-refractivity contribution is 7.13. The number of hydrogen-bond acceptors (Lipinski definition) is 4. The summed E-state index contributed by atoms with van der Waals surface area (Å²) in [5.74, 6) is -2.51. The van der Waals surface area contributed by atoms with Crippen LogP contribution in [0.2, 0.25) is 0 Å². The number of aryl methyl sites for hydroxylation is 2. The summed E-state index contributed by atoms with van der Waals surface area (Å²) in [4.78, 5) is 31.8. The third-order valence-corrected chi connectivity index (χ3v) is 5.43. The average Bonchev–Trinajstić information content (AvgIpc) is 2.94. The number of halogens is 2. The molecule has 0 radical (unpaired) electrons. The fourth-order valence-electron chi connectivity index (χ4n) is 3.16. The Balaban J connectivity index is 1.79. The van der Waals surface area contributed by atoms with Crippen molar-refractivity contribution in [2.45, 2.75) is 26.7 Å². The van der Waals surface area contributed by atoms with Gasteiger partial charge < -0.3 is 4.90 Å². The molecule has 4 nitrogen and oxygen atoms in total. The van der Waals surface area contributed by atoms with Crippen molar-refractivity contribution in [2.24, 2.45) is 5.92 Å². The SMILES string of the molecule is Cc1nc(C)c(C(=O)N2CCC[C@@H](C(=O)c3cc(F)ccc3F)C2)s1. The number of benzene rings is 1. The predicted molar refractivity (Wildman–Crippen MR) is 90.9 cm³/mol. The number of carbonyl (C=O) groups is 2. The first-order valence-corrected chi connectivity index (χ1v) is 8.91. The van der Waals surface area contributed by atoms with Gasteiger partial charge in [0.05, 0.1) is 16.3 Å². The number of amides is 1. The molecule has 7 heteroatoms. The molecule has 1 aliphatic heterocycles. The van der Waals surface area contributed by atoms with E-state index in [1.54, 1.807) is 11.8 Å². The average molecular weight is 364 g/mol. The number of hydrogen-bond donors (Lipinski definition) is 0. The van der Waals surface area contributed by atoms with Gasteiger partial charge in [0.25, 0.3) is 5.91 Å². The highest BCUT2D eigenvalue weighted by Crippen LogP contribution is 2.26. The summed E-state index contributed by atoms with van der Waals surface area (Å²) in [6.45, 7) is 4.38. The van der Waals surface area contributed by atoms with Gasteiger partial charge in [-0.15, -0.1) is 11.3 Å². The van der Waals surface area contributed by atoms with Gasteiger partial charge in [0, 0.05) is 19.0 Å². The molecule has 0 spiro atoms. The van der Waals surface area contributed by atoms with Gasteiger partial charge in [0.15, 0.2) is 5.78 Å². The highest BCUT2D eigenvalue weighted by Gasteiger charge is 2.32. The molecule has 0 N–H and O–H groups in total. The van der Waals surface area contributed by atoms with Gasteiger partial charge in [-0.2, -0.15) is 0 Å². The third-order valence-electron chi connectivity index (χ3n) is 4.37. The third kappa shape index (κ3) is 3.61. The van der Waals surface area contributed by atoms with Crippen LogP contribution in [0.3, 0.4) is 0 Å². The van der Waals surface area contributed by atoms with E-state index >= 15 is 0 Å². The number of carbonyl (C=O) groups excluding carboxylic acids is 2. The number of thiazole rings is 1. The molecule has 1 aliphatic rings. The summed E-state index contributed by atoms with van der Waals surface area (Å²) >= 11 is 1.33. The van der Waals surface area contributed by atoms with E-state index < -0.39 is 23.3 Å². The normalized spacial score (nSPS) is 17.6. The molecule has 132 valence electrons. The fraction of sp³-hybridized carbons (Fsp3) is 0.389. The van der Waals surface area contributed by atoms with Crippen LogP contribution in [0.4, 0.5) is 8.78 Å². The van der Waals surface area contributed by atoms with Gasteiger partial charge in [-0.25, -0.2) is 13.8 Å². The molecule has 0 unspecified atom stereocenters. The summed E-state index contributed by atoms with van der Waals surface area (Å²) in [6, 6.07) is 2.87. The molecule has 1 fully saturated rings. The molecule has 0 bridgehead atoms. The Bertz CT molecular complexity index is 834. The Morgan fingerprint density at radius 3 is 2.72 bits per heavy atom. The molecule has 1 atom stereocenters. The number of rotatable bonds is 3. The van der Waals surface area contributed by atoms with E-state index in [4.69, 9.17) is 0 Å². The molecule has 0 saturated carbocycles. The number of ketones is 1. The van der Waals surface area contributed by atoms with Crippen LogP contribution >= 0.6 is 11.3 Å². The Morgan fingerprint density at radius 1 is 1.28 bits per heavy atom. The number of likely N-dealkylation sites (tertiary alicyclic amines) is 1. The zero-order chi connectivity index (χ0) is 18.1. The summed E-state index contributed by atoms with van der Waals surface area (Å²) in [5.41, 5.74) is 0.432. The van der Waals surface area contributed by atoms with Crippen LogP contribution in [-0.2, 0) is 0 Å². The van der Waals surface area contributed by atoms with Gasteiger partial charge in [-0.3, -0.25) is 9.59 Å². The molecule has 3 rings (SSSR count). The summed E-state index contributed by atoms with van der Waals surface area (Å²) in [5, 5.41) is 0.812. The van der Waals surface area contributed by atoms with Crippen LogP contribution < -0.4 is 0 Å². The zero-order valence-corrected chi connectivity index (χ0v) is 14.8. The lowest BCUT2D eigenvalue weighted by molar-refractivity contribution is 0.0639. The molecule has 0 aliphatic carbocycles. The van der Waals surface area contributed by atoms with Crippen LogP contribution in [0, 0.1) is 31.4 Å². The van der Waals surface area contributed by atoms with Crippen molar-refractivity contribution in [3.63, 3.8) is 0 Å². The fourth-order valence-corrected chi connectivity index (χ4v) is 4.04. The van der Waals surface area contributed by atoms with Crippen molar-refractivity contribution in [1.82, 2.24) is 9.88 Å². The van der Waals surface area contributed by atoms with E-state index in [1.807, 2.05) is 6.92 Å². The van der Waals surface area contributed by atoms with Crippen LogP contribution in [0.25, 0.3) is 0 Å². The monoisotopic (exact) mass is 364 g/mol. The first-order chi connectivity index (χ1) is 11.9. The second-order valence-corrected chi connectivity index (χ2v) is 7.43. The lowest BCUT2D eigenvalue weighted by atomic mass is 9.89. The first kappa shape index (κ1) is 17.7. The predicted octanol–water partition coefficient (Wildman–Crippen LogP) is 3.77. The zero-order valence-electron chi connectivity index (χ0n) is 14.0. The second kappa shape index (κ2) is 7.00. The van der Waals surface area contributed by atoms with Crippen molar-refractivity contribution in [1.29, 1.82) is 0 Å². The molecule has 1 aromatic carbocycles. The van der Waals surface area contributed by atoms with Crippen LogP contribution in [-0.4, -0.2) is 34.7 Å². The minimum absolute atomic E-state index is 0.152. The Hall–Kier alpha value is -2.15. The van der Waals surface area contributed by atoms with Crippen molar-refractivity contribution in [3.8, 4) is 0 Å². The van der Waals surface area contributed by atoms with Gasteiger partial charge in [-0.05, 0) is 44.9 Å². The highest BCUT2D eigenvalue weighted by atomic mass is 32.1. The maximum Gasteiger partial charge on any atom is 0.265 e. The van der Waals surface area contributed by atoms with E-state index in [-0.39, 0.29) is 18.0 Å². The van der Waals surface area contributed by atoms with E-state index in [1.165, 1.54) is 11.3 Å². The second-order valence-electron chi connectivity index (χ2n) is 6.23. The van der Waals surface area contributed by atoms with Crippen molar-refractivity contribution in [2.75, 3.05) is 13.1 Å². The van der Waals surface area contributed by atoms with E-state index in [9.17, 15) is 18.4 Å². The van der Waals surface area contributed by atoms with Crippen molar-refractivity contribution in [3.05, 3.63) is 51.0 Å². The van der Waals surface area contributed by atoms with Crippen LogP contribution in [0.5, 0.6) is 0 Å². The Labute approximate surface area is 148 Å². The molecule has 1 saturated heterocycles. The molecule has 2 aromatic rings. The Kier molecular flexibility index (Phi) is 4.94. The molecule has 2 heterocycles. The minimum Gasteiger partial charge on any atom is -0.337 e. The van der Waals surface area contributed by atoms with Crippen molar-refractivity contribution < 1.29 is 18.4 Å². The van der Waals surface area contributed by atoms with E-state index in [0.29, 0.717) is 30.0 Å². The quantitative estimate of drug-likeness (QED) is 0.779. The lowest BCUT2D eigenvalue weighted by Gasteiger charge is -2.32. The summed E-state index contributed by atoms with van der Waals surface area (Å²) in [7, 11) is 0. The summed E-state index contributed by atoms with van der Waals surface area (Å²) in [6.07, 6.45) is 1.20. The van der Waals surface area contributed by atoms with E-state index in [2.05, 4.69) is 4.98 Å². The van der Waals surface area contributed by atoms with Gasteiger partial charge in [0.2, 0.25) is 0 Å². The largest absolute Gasteiger partial charge is 0.337 e. The van der Waals surface area contributed by atoms with E-state index in [0.717, 1.165) is 23.2 Å². The van der Waals surface area contributed by atoms with Crippen LogP contribution in [0.1, 0.15) is 43.6 Å². The molecular formula is C18H18F2N2O2S. The lowest BCUT2D eigenvalue weighted by Crippen LogP contribution is -2.42. The molecule has 25 heavy (non-hydrogen) atoms. The number of aromatic nitrogens is 1. The smallest absolute Gasteiger partial charge is 0.265 e. The maximum absolute atomic E-state index is 13.9. The number of Topliss-reactive ketones (excluding diaryl/α,β-unsaturated/α-hetero) is 1. The minimum atomic E-state index is -0.733. The molecule has 1 amide bonds. The maximum atomic E-state index is 13.9. The molecular weight excluding hydrogens is 346 g/mol. The van der Waals surface area contributed by atoms with Crippen LogP contribution in [0.15, 0.2) is 18.2 Å². The number of nitrogens with zero attached hydrogens (tertiary/aromatic N) is 2. The standard InChI is InChI=1S/C18H18F2N2O2S/c1-10-17(25-11(2)21-10)18(24)22-7-3-4-12(9-22)16(23)14-8-13(19)5-6-15(14)20/h5-6,8,12H,3-4,7,9H2,1-2H3/t12-/m1/s1. The van der Waals surface area contributed by atoms with Gasteiger partial charge in [0.1, 0.15) is 16.5 Å². The number of piperidine rings is 1. The summed E-state index contributed by atoms with van der Waals surface area (Å²) < 4.78 is 27.2. The Morgan fingerprint density at radius 2 is 2.04 bits per heavy atom. The van der Waals surface area contributed by atoms with Crippen molar-refractivity contribution >= 4 is 23.0 Å². The molecule has 1 aromatic heterocycles. The van der Waals surface area contributed by atoms with Gasteiger partial charge >= 0.3 is 0 Å². The first-order valence-electron chi connectivity index (χ1n) is 8.09. The van der Waals surface area contributed by atoms with Gasteiger partial charge in [-0.1, -0.05) is 0 Å².